The Morgan fingerprint density at radius 3 is 2.88 bits per heavy atom. The van der Waals surface area contributed by atoms with Gasteiger partial charge in [0, 0.05) is 37.9 Å². The highest BCUT2D eigenvalue weighted by molar-refractivity contribution is 7.17. The van der Waals surface area contributed by atoms with E-state index in [0.29, 0.717) is 28.7 Å². The molecule has 10 nitrogen and oxygen atoms in total. The topological polar surface area (TPSA) is 113 Å². The SMILES string of the molecule is COc1ccc2c(c1)CN(c1nnc(C(=O)Nc3cnccc3N3CCNCC3)s1)C2=O. The van der Waals surface area contributed by atoms with Gasteiger partial charge < -0.3 is 20.3 Å². The maximum atomic E-state index is 12.9. The van der Waals surface area contributed by atoms with Gasteiger partial charge in [-0.05, 0) is 29.8 Å². The van der Waals surface area contributed by atoms with Gasteiger partial charge in [0.2, 0.25) is 10.1 Å². The average Bonchev–Trinajstić information content (AvgIpc) is 3.45. The monoisotopic (exact) mass is 451 g/mol. The fourth-order valence-electron chi connectivity index (χ4n) is 3.84. The lowest BCUT2D eigenvalue weighted by atomic mass is 10.1. The third-order valence-corrected chi connectivity index (χ3v) is 6.40. The maximum Gasteiger partial charge on any atom is 0.286 e. The third-order valence-electron chi connectivity index (χ3n) is 5.46. The van der Waals surface area contributed by atoms with Gasteiger partial charge in [-0.3, -0.25) is 19.5 Å². The van der Waals surface area contributed by atoms with E-state index in [1.807, 2.05) is 12.1 Å². The predicted octanol–water partition coefficient (Wildman–Crippen LogP) is 1.76. The summed E-state index contributed by atoms with van der Waals surface area (Å²) in [5, 5.41) is 14.9. The van der Waals surface area contributed by atoms with E-state index in [-0.39, 0.29) is 16.8 Å². The molecule has 0 saturated carbocycles. The molecule has 2 aromatic heterocycles. The summed E-state index contributed by atoms with van der Waals surface area (Å²) in [6.45, 7) is 3.81. The third kappa shape index (κ3) is 3.76. The van der Waals surface area contributed by atoms with E-state index in [4.69, 9.17) is 4.74 Å². The standard InChI is InChI=1S/C21H21N7O3S/c1-31-14-2-3-15-13(10-14)12-28(20(15)30)21-26-25-19(32-21)18(29)24-16-11-23-5-4-17(16)27-8-6-22-7-9-27/h2-5,10-11,22H,6-9,12H2,1H3,(H,24,29). The van der Waals surface area contributed by atoms with Crippen molar-refractivity contribution < 1.29 is 14.3 Å². The predicted molar refractivity (Wildman–Crippen MR) is 121 cm³/mol. The molecule has 0 unspecified atom stereocenters. The zero-order valence-corrected chi connectivity index (χ0v) is 18.2. The molecule has 3 aromatic rings. The highest BCUT2D eigenvalue weighted by Gasteiger charge is 2.32. The summed E-state index contributed by atoms with van der Waals surface area (Å²) in [7, 11) is 1.59. The van der Waals surface area contributed by atoms with Gasteiger partial charge in [-0.15, -0.1) is 10.2 Å². The van der Waals surface area contributed by atoms with E-state index in [1.54, 1.807) is 31.6 Å². The molecule has 0 spiro atoms. The number of methoxy groups -OCH3 is 1. The van der Waals surface area contributed by atoms with Crippen molar-refractivity contribution in [3.05, 3.63) is 52.8 Å². The second-order valence-electron chi connectivity index (χ2n) is 7.39. The Kier molecular flexibility index (Phi) is 5.41. The molecule has 1 saturated heterocycles. The van der Waals surface area contributed by atoms with Crippen LogP contribution >= 0.6 is 11.3 Å². The normalized spacial score (nSPS) is 15.6. The number of piperazine rings is 1. The Bertz CT molecular complexity index is 1180. The molecule has 164 valence electrons. The molecule has 11 heteroatoms. The summed E-state index contributed by atoms with van der Waals surface area (Å²) >= 11 is 1.08. The molecule has 5 rings (SSSR count). The number of carbonyl (C=O) groups excluding carboxylic acids is 2. The van der Waals surface area contributed by atoms with E-state index in [1.165, 1.54) is 4.90 Å². The summed E-state index contributed by atoms with van der Waals surface area (Å²) in [4.78, 5) is 33.5. The number of carbonyl (C=O) groups is 2. The molecule has 32 heavy (non-hydrogen) atoms. The molecule has 2 amide bonds. The largest absolute Gasteiger partial charge is 0.497 e. The van der Waals surface area contributed by atoms with E-state index >= 15 is 0 Å². The number of benzene rings is 1. The van der Waals surface area contributed by atoms with Crippen LogP contribution in [-0.2, 0) is 6.54 Å². The fourth-order valence-corrected chi connectivity index (χ4v) is 4.57. The van der Waals surface area contributed by atoms with E-state index in [9.17, 15) is 9.59 Å². The maximum absolute atomic E-state index is 12.9. The van der Waals surface area contributed by atoms with Crippen molar-refractivity contribution in [1.29, 1.82) is 0 Å². The van der Waals surface area contributed by atoms with Crippen LogP contribution in [0.3, 0.4) is 0 Å². The number of fused-ring (bicyclic) bond motifs is 1. The molecule has 2 aliphatic rings. The average molecular weight is 452 g/mol. The van der Waals surface area contributed by atoms with E-state index < -0.39 is 0 Å². The zero-order chi connectivity index (χ0) is 22.1. The second-order valence-corrected chi connectivity index (χ2v) is 8.34. The van der Waals surface area contributed by atoms with Gasteiger partial charge >= 0.3 is 0 Å². The fraction of sp³-hybridized carbons (Fsp3) is 0.286. The van der Waals surface area contributed by atoms with Crippen molar-refractivity contribution in [3.63, 3.8) is 0 Å². The van der Waals surface area contributed by atoms with Gasteiger partial charge in [-0.2, -0.15) is 0 Å². The lowest BCUT2D eigenvalue weighted by Crippen LogP contribution is -2.43. The minimum atomic E-state index is -0.385. The molecular weight excluding hydrogens is 430 g/mol. The molecule has 0 bridgehead atoms. The number of rotatable bonds is 5. The van der Waals surface area contributed by atoms with Crippen molar-refractivity contribution >= 4 is 39.7 Å². The first-order valence-corrected chi connectivity index (χ1v) is 11.0. The smallest absolute Gasteiger partial charge is 0.286 e. The molecule has 0 radical (unpaired) electrons. The van der Waals surface area contributed by atoms with Gasteiger partial charge in [-0.25, -0.2) is 0 Å². The highest BCUT2D eigenvalue weighted by atomic mass is 32.1. The first kappa shape index (κ1) is 20.3. The van der Waals surface area contributed by atoms with Crippen LogP contribution in [0.25, 0.3) is 0 Å². The van der Waals surface area contributed by atoms with Crippen LogP contribution in [0.5, 0.6) is 5.75 Å². The molecule has 0 atom stereocenters. The van der Waals surface area contributed by atoms with Crippen LogP contribution < -0.4 is 25.2 Å². The number of hydrogen-bond acceptors (Lipinski definition) is 9. The summed E-state index contributed by atoms with van der Waals surface area (Å²) in [6, 6.07) is 7.22. The summed E-state index contributed by atoms with van der Waals surface area (Å²) in [5.41, 5.74) is 2.99. The van der Waals surface area contributed by atoms with E-state index in [2.05, 4.69) is 30.7 Å². The molecular formula is C21H21N7O3S. The Morgan fingerprint density at radius 2 is 2.06 bits per heavy atom. The molecule has 1 aromatic carbocycles. The van der Waals surface area contributed by atoms with Gasteiger partial charge in [0.1, 0.15) is 5.75 Å². The number of amides is 2. The van der Waals surface area contributed by atoms with Gasteiger partial charge in [0.25, 0.3) is 11.8 Å². The molecule has 2 N–H and O–H groups in total. The van der Waals surface area contributed by atoms with Gasteiger partial charge in [0.05, 0.1) is 31.2 Å². The number of anilines is 3. The Labute approximate surface area is 188 Å². The summed E-state index contributed by atoms with van der Waals surface area (Å²) in [6.07, 6.45) is 3.34. The number of pyridine rings is 1. The van der Waals surface area contributed by atoms with Crippen molar-refractivity contribution in [1.82, 2.24) is 20.5 Å². The minimum Gasteiger partial charge on any atom is -0.497 e. The number of ether oxygens (including phenoxy) is 1. The van der Waals surface area contributed by atoms with Gasteiger partial charge in [-0.1, -0.05) is 11.3 Å². The van der Waals surface area contributed by atoms with Crippen LogP contribution in [0.2, 0.25) is 0 Å². The van der Waals surface area contributed by atoms with Crippen LogP contribution in [0, 0.1) is 0 Å². The minimum absolute atomic E-state index is 0.168. The number of hydrogen-bond donors (Lipinski definition) is 2. The van der Waals surface area contributed by atoms with Gasteiger partial charge in [0.15, 0.2) is 0 Å². The van der Waals surface area contributed by atoms with Crippen molar-refractivity contribution in [2.24, 2.45) is 0 Å². The summed E-state index contributed by atoms with van der Waals surface area (Å²) in [5.74, 6) is 0.135. The van der Waals surface area contributed by atoms with Crippen LogP contribution in [0.4, 0.5) is 16.5 Å². The van der Waals surface area contributed by atoms with Crippen LogP contribution in [-0.4, -0.2) is 60.3 Å². The lowest BCUT2D eigenvalue weighted by Gasteiger charge is -2.30. The Morgan fingerprint density at radius 1 is 1.22 bits per heavy atom. The highest BCUT2D eigenvalue weighted by Crippen LogP contribution is 2.33. The number of nitrogens with zero attached hydrogens (tertiary/aromatic N) is 5. The Balaban J connectivity index is 1.33. The van der Waals surface area contributed by atoms with Crippen LogP contribution in [0.15, 0.2) is 36.7 Å². The summed E-state index contributed by atoms with van der Waals surface area (Å²) < 4.78 is 5.24. The molecule has 4 heterocycles. The second kappa shape index (κ2) is 8.52. The quantitative estimate of drug-likeness (QED) is 0.604. The molecule has 1 fully saturated rings. The number of aromatic nitrogens is 3. The van der Waals surface area contributed by atoms with Crippen molar-refractivity contribution in [3.8, 4) is 5.75 Å². The van der Waals surface area contributed by atoms with E-state index in [0.717, 1.165) is 48.8 Å². The zero-order valence-electron chi connectivity index (χ0n) is 17.4. The lowest BCUT2D eigenvalue weighted by molar-refractivity contribution is 0.0994. The van der Waals surface area contributed by atoms with Crippen molar-refractivity contribution in [2.45, 2.75) is 6.54 Å². The number of nitrogens with one attached hydrogen (secondary N) is 2. The first-order chi connectivity index (χ1) is 15.6. The molecule has 2 aliphatic heterocycles. The first-order valence-electron chi connectivity index (χ1n) is 10.2. The Hall–Kier alpha value is -3.57. The van der Waals surface area contributed by atoms with Crippen LogP contribution in [0.1, 0.15) is 25.7 Å². The van der Waals surface area contributed by atoms with Crippen molar-refractivity contribution in [2.75, 3.05) is 48.4 Å². The molecule has 0 aliphatic carbocycles.